The van der Waals surface area contributed by atoms with Crippen LogP contribution in [0.1, 0.15) is 20.9 Å². The van der Waals surface area contributed by atoms with Gasteiger partial charge in [-0.1, -0.05) is 17.4 Å². The van der Waals surface area contributed by atoms with Crippen LogP contribution in [-0.2, 0) is 6.54 Å². The molecule has 4 rings (SSSR count). The lowest BCUT2D eigenvalue weighted by Gasteiger charge is -2.16. The second-order valence-corrected chi connectivity index (χ2v) is 7.17. The zero-order chi connectivity index (χ0) is 17.6. The highest BCUT2D eigenvalue weighted by Gasteiger charge is 2.32. The lowest BCUT2D eigenvalue weighted by molar-refractivity contribution is 0.0701. The summed E-state index contributed by atoms with van der Waals surface area (Å²) in [5.74, 6) is -1.02. The first-order valence-electron chi connectivity index (χ1n) is 7.51. The van der Waals surface area contributed by atoms with Crippen LogP contribution in [0.4, 0.5) is 9.93 Å². The Morgan fingerprint density at radius 2 is 2.08 bits per heavy atom. The molecule has 0 bridgehead atoms. The van der Waals surface area contributed by atoms with Gasteiger partial charge in [0.05, 0.1) is 17.4 Å². The molecule has 0 radical (unpaired) electrons. The van der Waals surface area contributed by atoms with Crippen LogP contribution in [0.15, 0.2) is 18.2 Å². The van der Waals surface area contributed by atoms with E-state index < -0.39 is 5.97 Å². The Bertz CT molecular complexity index is 983. The number of nitrogens with zero attached hydrogens (tertiary/aromatic N) is 5. The summed E-state index contributed by atoms with van der Waals surface area (Å²) in [5.41, 5.74) is 3.09. The average molecular weight is 375 g/mol. The van der Waals surface area contributed by atoms with Gasteiger partial charge in [0.25, 0.3) is 0 Å². The summed E-state index contributed by atoms with van der Waals surface area (Å²) in [7, 11) is 0. The molecule has 10 heteroatoms. The maximum absolute atomic E-state index is 12.7. The van der Waals surface area contributed by atoms with E-state index in [0.717, 1.165) is 39.7 Å². The first-order chi connectivity index (χ1) is 12.0. The number of aromatic carboxylic acids is 1. The number of aromatic nitrogens is 3. The van der Waals surface area contributed by atoms with Crippen LogP contribution >= 0.6 is 23.1 Å². The standard InChI is InChI=1S/C15H13N5O3S2/c1-8-12(13(21)22)24-14(16-8)20-5-4-19(15(20)23)7-9-2-3-10-11(6-9)18-25-17-10/h2-3,6H,4-5,7H2,1H3,(H,21,22). The van der Waals surface area contributed by atoms with E-state index in [0.29, 0.717) is 30.5 Å². The highest BCUT2D eigenvalue weighted by Crippen LogP contribution is 2.29. The van der Waals surface area contributed by atoms with Crippen LogP contribution in [0, 0.1) is 6.92 Å². The summed E-state index contributed by atoms with van der Waals surface area (Å²) >= 11 is 2.20. The number of carbonyl (C=O) groups is 2. The minimum Gasteiger partial charge on any atom is -0.477 e. The van der Waals surface area contributed by atoms with E-state index in [1.807, 2.05) is 18.2 Å². The number of hydrogen-bond acceptors (Lipinski definition) is 7. The zero-order valence-electron chi connectivity index (χ0n) is 13.2. The lowest BCUT2D eigenvalue weighted by atomic mass is 10.2. The van der Waals surface area contributed by atoms with Crippen molar-refractivity contribution in [3.8, 4) is 0 Å². The maximum atomic E-state index is 12.7. The van der Waals surface area contributed by atoms with Crippen LogP contribution < -0.4 is 4.90 Å². The van der Waals surface area contributed by atoms with E-state index in [-0.39, 0.29) is 10.9 Å². The first kappa shape index (κ1) is 15.9. The molecule has 0 saturated carbocycles. The molecule has 0 aliphatic carbocycles. The van der Waals surface area contributed by atoms with Crippen LogP contribution in [0.2, 0.25) is 0 Å². The summed E-state index contributed by atoms with van der Waals surface area (Å²) in [4.78, 5) is 31.5. The molecule has 1 aliphatic rings. The molecule has 0 unspecified atom stereocenters. The predicted molar refractivity (Wildman–Crippen MR) is 94.4 cm³/mol. The van der Waals surface area contributed by atoms with Crippen molar-refractivity contribution in [1.29, 1.82) is 0 Å². The quantitative estimate of drug-likeness (QED) is 0.752. The monoisotopic (exact) mass is 375 g/mol. The Morgan fingerprint density at radius 1 is 1.28 bits per heavy atom. The summed E-state index contributed by atoms with van der Waals surface area (Å²) in [5, 5.41) is 9.58. The predicted octanol–water partition coefficient (Wildman–Crippen LogP) is 2.60. The molecule has 25 heavy (non-hydrogen) atoms. The number of amides is 2. The highest BCUT2D eigenvalue weighted by molar-refractivity contribution is 7.17. The van der Waals surface area contributed by atoms with E-state index in [4.69, 9.17) is 5.11 Å². The number of fused-ring (bicyclic) bond motifs is 1. The Balaban J connectivity index is 1.53. The highest BCUT2D eigenvalue weighted by atomic mass is 32.1. The summed E-state index contributed by atoms with van der Waals surface area (Å²) in [6.07, 6.45) is 0. The molecule has 2 amide bonds. The van der Waals surface area contributed by atoms with Crippen LogP contribution in [0.5, 0.6) is 0 Å². The third-order valence-corrected chi connectivity index (χ3v) is 5.72. The average Bonchev–Trinajstić information content (AvgIpc) is 3.27. The van der Waals surface area contributed by atoms with Gasteiger partial charge >= 0.3 is 12.0 Å². The summed E-state index contributed by atoms with van der Waals surface area (Å²) in [6, 6.07) is 5.61. The van der Waals surface area contributed by atoms with Gasteiger partial charge in [-0.3, -0.25) is 4.90 Å². The lowest BCUT2D eigenvalue weighted by Crippen LogP contribution is -2.31. The van der Waals surface area contributed by atoms with Gasteiger partial charge in [-0.05, 0) is 24.6 Å². The molecule has 1 aliphatic heterocycles. The number of aryl methyl sites for hydroxylation is 1. The molecule has 3 heterocycles. The Hall–Kier alpha value is -2.59. The van der Waals surface area contributed by atoms with Crippen molar-refractivity contribution in [2.45, 2.75) is 13.5 Å². The topological polar surface area (TPSA) is 99.5 Å². The number of urea groups is 1. The number of carboxylic acid groups (broad SMARTS) is 1. The van der Waals surface area contributed by atoms with Crippen molar-refractivity contribution >= 4 is 51.2 Å². The van der Waals surface area contributed by atoms with Crippen LogP contribution in [-0.4, -0.2) is 48.8 Å². The Labute approximate surface area is 150 Å². The number of hydrogen-bond donors (Lipinski definition) is 1. The second kappa shape index (κ2) is 6.05. The third-order valence-electron chi connectivity index (χ3n) is 4.00. The van der Waals surface area contributed by atoms with Gasteiger partial charge in [0.1, 0.15) is 15.9 Å². The fourth-order valence-corrected chi connectivity index (χ4v) is 4.19. The van der Waals surface area contributed by atoms with Crippen molar-refractivity contribution in [1.82, 2.24) is 18.6 Å². The number of anilines is 1. The number of rotatable bonds is 4. The zero-order valence-corrected chi connectivity index (χ0v) is 14.8. The molecular weight excluding hydrogens is 362 g/mol. The van der Waals surface area contributed by atoms with Crippen molar-refractivity contribution in [3.05, 3.63) is 34.3 Å². The molecular formula is C15H13N5O3S2. The van der Waals surface area contributed by atoms with E-state index >= 15 is 0 Å². The minimum absolute atomic E-state index is 0.165. The van der Waals surface area contributed by atoms with E-state index in [1.54, 1.807) is 11.8 Å². The van der Waals surface area contributed by atoms with Gasteiger partial charge < -0.3 is 10.0 Å². The van der Waals surface area contributed by atoms with Gasteiger partial charge in [0.2, 0.25) is 0 Å². The number of benzene rings is 1. The van der Waals surface area contributed by atoms with Gasteiger partial charge in [-0.25, -0.2) is 14.6 Å². The molecule has 0 spiro atoms. The van der Waals surface area contributed by atoms with Crippen molar-refractivity contribution in [3.63, 3.8) is 0 Å². The van der Waals surface area contributed by atoms with Crippen molar-refractivity contribution in [2.75, 3.05) is 18.0 Å². The van der Waals surface area contributed by atoms with E-state index in [1.165, 1.54) is 4.90 Å². The van der Waals surface area contributed by atoms with Gasteiger partial charge in [-0.2, -0.15) is 8.75 Å². The molecule has 2 aromatic heterocycles. The smallest absolute Gasteiger partial charge is 0.347 e. The number of carboxylic acids is 1. The fourth-order valence-electron chi connectivity index (χ4n) is 2.75. The van der Waals surface area contributed by atoms with Crippen LogP contribution in [0.3, 0.4) is 0 Å². The van der Waals surface area contributed by atoms with E-state index in [9.17, 15) is 9.59 Å². The summed E-state index contributed by atoms with van der Waals surface area (Å²) in [6.45, 7) is 3.16. The molecule has 1 N–H and O–H groups in total. The molecule has 0 atom stereocenters. The maximum Gasteiger partial charge on any atom is 0.347 e. The fraction of sp³-hybridized carbons (Fsp3) is 0.267. The van der Waals surface area contributed by atoms with Crippen molar-refractivity contribution in [2.24, 2.45) is 0 Å². The molecule has 1 saturated heterocycles. The normalized spacial score (nSPS) is 14.7. The third kappa shape index (κ3) is 2.83. The molecule has 1 fully saturated rings. The molecule has 8 nitrogen and oxygen atoms in total. The SMILES string of the molecule is Cc1nc(N2CCN(Cc3ccc4nsnc4c3)C2=O)sc1C(=O)O. The molecule has 3 aromatic rings. The summed E-state index contributed by atoms with van der Waals surface area (Å²) < 4.78 is 8.39. The van der Waals surface area contributed by atoms with Gasteiger partial charge in [-0.15, -0.1) is 0 Å². The first-order valence-corrected chi connectivity index (χ1v) is 9.06. The second-order valence-electron chi connectivity index (χ2n) is 5.66. The largest absolute Gasteiger partial charge is 0.477 e. The Kier molecular flexibility index (Phi) is 3.85. The van der Waals surface area contributed by atoms with E-state index in [2.05, 4.69) is 13.7 Å². The van der Waals surface area contributed by atoms with Crippen LogP contribution in [0.25, 0.3) is 11.0 Å². The van der Waals surface area contributed by atoms with Gasteiger partial charge in [0, 0.05) is 19.6 Å². The van der Waals surface area contributed by atoms with Crippen molar-refractivity contribution < 1.29 is 14.7 Å². The minimum atomic E-state index is -1.02. The number of carbonyl (C=O) groups excluding carboxylic acids is 1. The number of thiazole rings is 1. The van der Waals surface area contributed by atoms with Gasteiger partial charge in [0.15, 0.2) is 5.13 Å². The molecule has 1 aromatic carbocycles. The molecule has 128 valence electrons. The Morgan fingerprint density at radius 3 is 2.84 bits per heavy atom.